The number of para-hydroxylation sites is 1. The number of amides is 1. The minimum Gasteiger partial charge on any atom is -0.321 e. The first-order chi connectivity index (χ1) is 11.7. The summed E-state index contributed by atoms with van der Waals surface area (Å²) in [7, 11) is 0. The van der Waals surface area contributed by atoms with Crippen molar-refractivity contribution in [3.63, 3.8) is 0 Å². The number of carbonyl (C=O) groups is 1. The summed E-state index contributed by atoms with van der Waals surface area (Å²) < 4.78 is 1.79. The first-order valence-electron chi connectivity index (χ1n) is 8.11. The maximum Gasteiger partial charge on any atom is 0.278 e. The van der Waals surface area contributed by atoms with Crippen LogP contribution in [0, 0.1) is 6.92 Å². The third kappa shape index (κ3) is 2.80. The van der Waals surface area contributed by atoms with Crippen LogP contribution < -0.4 is 5.32 Å². The highest BCUT2D eigenvalue weighted by Gasteiger charge is 2.34. The van der Waals surface area contributed by atoms with Crippen molar-refractivity contribution in [3.05, 3.63) is 71.5 Å². The highest BCUT2D eigenvalue weighted by Crippen LogP contribution is 2.42. The summed E-state index contributed by atoms with van der Waals surface area (Å²) >= 11 is 0. The molecule has 120 valence electrons. The maximum absolute atomic E-state index is 12.7. The third-order valence-corrected chi connectivity index (χ3v) is 4.16. The van der Waals surface area contributed by atoms with Gasteiger partial charge >= 0.3 is 0 Å². The van der Waals surface area contributed by atoms with Crippen LogP contribution in [0.3, 0.4) is 0 Å². The lowest BCUT2D eigenvalue weighted by Crippen LogP contribution is -2.15. The summed E-state index contributed by atoms with van der Waals surface area (Å²) in [6.07, 6.45) is 2.15. The van der Waals surface area contributed by atoms with Gasteiger partial charge in [-0.2, -0.15) is 0 Å². The zero-order valence-corrected chi connectivity index (χ0v) is 13.4. The van der Waals surface area contributed by atoms with Gasteiger partial charge in [-0.3, -0.25) is 4.79 Å². The van der Waals surface area contributed by atoms with Crippen molar-refractivity contribution in [2.45, 2.75) is 25.7 Å². The Balaban J connectivity index is 1.68. The van der Waals surface area contributed by atoms with Gasteiger partial charge in [-0.05, 0) is 49.6 Å². The number of anilines is 1. The number of aromatic nitrogens is 3. The summed E-state index contributed by atoms with van der Waals surface area (Å²) in [5.41, 5.74) is 4.13. The largest absolute Gasteiger partial charge is 0.321 e. The minimum atomic E-state index is -0.204. The number of carbonyl (C=O) groups excluding carboxylic acids is 1. The Labute approximate surface area is 140 Å². The van der Waals surface area contributed by atoms with Crippen LogP contribution in [0.1, 0.15) is 40.5 Å². The highest BCUT2D eigenvalue weighted by molar-refractivity contribution is 6.03. The van der Waals surface area contributed by atoms with Gasteiger partial charge < -0.3 is 5.32 Å². The van der Waals surface area contributed by atoms with E-state index < -0.39 is 0 Å². The molecule has 4 rings (SSSR count). The SMILES string of the molecule is Cc1cccc(NC(=O)c2nnn(-c3ccccc3)c2C2CC2)c1. The van der Waals surface area contributed by atoms with Crippen LogP contribution in [-0.2, 0) is 0 Å². The lowest BCUT2D eigenvalue weighted by atomic mass is 10.2. The second kappa shape index (κ2) is 5.92. The second-order valence-corrected chi connectivity index (χ2v) is 6.17. The van der Waals surface area contributed by atoms with Crippen LogP contribution in [0.15, 0.2) is 54.6 Å². The maximum atomic E-state index is 12.7. The van der Waals surface area contributed by atoms with E-state index in [9.17, 15) is 4.79 Å². The number of hydrogen-bond donors (Lipinski definition) is 1. The first kappa shape index (κ1) is 14.6. The molecule has 5 heteroatoms. The molecule has 1 saturated carbocycles. The van der Waals surface area contributed by atoms with Crippen molar-refractivity contribution in [1.29, 1.82) is 0 Å². The van der Waals surface area contributed by atoms with Crippen LogP contribution >= 0.6 is 0 Å². The topological polar surface area (TPSA) is 59.8 Å². The Morgan fingerprint density at radius 3 is 2.62 bits per heavy atom. The zero-order chi connectivity index (χ0) is 16.5. The molecule has 0 saturated heterocycles. The van der Waals surface area contributed by atoms with Crippen molar-refractivity contribution in [3.8, 4) is 5.69 Å². The van der Waals surface area contributed by atoms with Crippen molar-refractivity contribution >= 4 is 11.6 Å². The highest BCUT2D eigenvalue weighted by atomic mass is 16.2. The van der Waals surface area contributed by atoms with Gasteiger partial charge in [-0.25, -0.2) is 4.68 Å². The van der Waals surface area contributed by atoms with Crippen LogP contribution in [0.4, 0.5) is 5.69 Å². The number of hydrogen-bond acceptors (Lipinski definition) is 3. The second-order valence-electron chi connectivity index (χ2n) is 6.17. The summed E-state index contributed by atoms with van der Waals surface area (Å²) in [5.74, 6) is 0.156. The van der Waals surface area contributed by atoms with E-state index in [4.69, 9.17) is 0 Å². The molecule has 1 heterocycles. The van der Waals surface area contributed by atoms with E-state index in [1.54, 1.807) is 4.68 Å². The van der Waals surface area contributed by atoms with Crippen LogP contribution in [0.25, 0.3) is 5.69 Å². The molecule has 24 heavy (non-hydrogen) atoms. The molecule has 0 radical (unpaired) electrons. The molecular weight excluding hydrogens is 300 g/mol. The van der Waals surface area contributed by atoms with E-state index in [0.717, 1.165) is 35.5 Å². The summed E-state index contributed by atoms with van der Waals surface area (Å²) in [5, 5.41) is 11.3. The van der Waals surface area contributed by atoms with Gasteiger partial charge in [0.15, 0.2) is 5.69 Å². The van der Waals surface area contributed by atoms with Crippen LogP contribution in [0.2, 0.25) is 0 Å². The molecular formula is C19H18N4O. The number of nitrogens with zero attached hydrogens (tertiary/aromatic N) is 3. The third-order valence-electron chi connectivity index (χ3n) is 4.16. The molecule has 0 atom stereocenters. The Morgan fingerprint density at radius 1 is 1.12 bits per heavy atom. The molecule has 3 aromatic rings. The molecule has 1 aliphatic carbocycles. The first-order valence-corrected chi connectivity index (χ1v) is 8.11. The fraction of sp³-hybridized carbons (Fsp3) is 0.211. The smallest absolute Gasteiger partial charge is 0.278 e. The minimum absolute atomic E-state index is 0.204. The van der Waals surface area contributed by atoms with E-state index in [1.807, 2.05) is 61.5 Å². The normalized spacial score (nSPS) is 13.7. The van der Waals surface area contributed by atoms with Crippen molar-refractivity contribution in [2.24, 2.45) is 0 Å². The quantitative estimate of drug-likeness (QED) is 0.798. The molecule has 2 aromatic carbocycles. The Kier molecular flexibility index (Phi) is 3.61. The number of rotatable bonds is 4. The molecule has 0 bridgehead atoms. The standard InChI is InChI=1S/C19H18N4O/c1-13-6-5-7-15(12-13)20-19(24)17-18(14-10-11-14)23(22-21-17)16-8-3-2-4-9-16/h2-9,12,14H,10-11H2,1H3,(H,20,24). The molecule has 1 amide bonds. The monoisotopic (exact) mass is 318 g/mol. The summed E-state index contributed by atoms with van der Waals surface area (Å²) in [6, 6.07) is 17.6. The molecule has 0 spiro atoms. The molecule has 1 aromatic heterocycles. The van der Waals surface area contributed by atoms with Gasteiger partial charge in [0.25, 0.3) is 5.91 Å². The Hall–Kier alpha value is -2.95. The molecule has 0 unspecified atom stereocenters. The fourth-order valence-corrected chi connectivity index (χ4v) is 2.85. The van der Waals surface area contributed by atoms with Gasteiger partial charge in [-0.1, -0.05) is 35.5 Å². The van der Waals surface area contributed by atoms with E-state index in [1.165, 1.54) is 0 Å². The molecule has 0 aliphatic heterocycles. The van der Waals surface area contributed by atoms with E-state index >= 15 is 0 Å². The molecule has 1 N–H and O–H groups in total. The van der Waals surface area contributed by atoms with Crippen molar-refractivity contribution in [1.82, 2.24) is 15.0 Å². The predicted molar refractivity (Wildman–Crippen MR) is 92.5 cm³/mol. The zero-order valence-electron chi connectivity index (χ0n) is 13.4. The van der Waals surface area contributed by atoms with Crippen LogP contribution in [0.5, 0.6) is 0 Å². The van der Waals surface area contributed by atoms with Gasteiger partial charge in [0.2, 0.25) is 0 Å². The summed E-state index contributed by atoms with van der Waals surface area (Å²) in [4.78, 5) is 12.7. The van der Waals surface area contributed by atoms with Gasteiger partial charge in [-0.15, -0.1) is 5.10 Å². The average molecular weight is 318 g/mol. The van der Waals surface area contributed by atoms with E-state index in [2.05, 4.69) is 15.6 Å². The molecule has 1 fully saturated rings. The lowest BCUT2D eigenvalue weighted by Gasteiger charge is -2.08. The van der Waals surface area contributed by atoms with E-state index in [0.29, 0.717) is 11.6 Å². The molecule has 5 nitrogen and oxygen atoms in total. The van der Waals surface area contributed by atoms with Crippen molar-refractivity contribution < 1.29 is 4.79 Å². The number of nitrogens with one attached hydrogen (secondary N) is 1. The molecule has 1 aliphatic rings. The Morgan fingerprint density at radius 2 is 1.92 bits per heavy atom. The van der Waals surface area contributed by atoms with Gasteiger partial charge in [0, 0.05) is 11.6 Å². The summed E-state index contributed by atoms with van der Waals surface area (Å²) in [6.45, 7) is 2.00. The average Bonchev–Trinajstić information content (AvgIpc) is 3.33. The lowest BCUT2D eigenvalue weighted by molar-refractivity contribution is 0.102. The van der Waals surface area contributed by atoms with Gasteiger partial charge in [0.1, 0.15) is 0 Å². The van der Waals surface area contributed by atoms with Crippen molar-refractivity contribution in [2.75, 3.05) is 5.32 Å². The predicted octanol–water partition coefficient (Wildman–Crippen LogP) is 3.71. The van der Waals surface area contributed by atoms with Gasteiger partial charge in [0.05, 0.1) is 11.4 Å². The fourth-order valence-electron chi connectivity index (χ4n) is 2.85. The number of aryl methyl sites for hydroxylation is 1. The number of benzene rings is 2. The van der Waals surface area contributed by atoms with E-state index in [-0.39, 0.29) is 5.91 Å². The Bertz CT molecular complexity index is 881. The van der Waals surface area contributed by atoms with Crippen LogP contribution in [-0.4, -0.2) is 20.9 Å².